The number of ether oxygens (including phenoxy) is 2. The van der Waals surface area contributed by atoms with Gasteiger partial charge in [-0.1, -0.05) is 18.7 Å². The molecule has 0 aliphatic carbocycles. The summed E-state index contributed by atoms with van der Waals surface area (Å²) in [6.07, 6.45) is 1.67. The van der Waals surface area contributed by atoms with E-state index in [1.54, 1.807) is 38.4 Å². The number of methoxy groups -OCH3 is 1. The molecule has 0 unspecified atom stereocenters. The number of anilines is 1. The Morgan fingerprint density at radius 1 is 1.40 bits per heavy atom. The Labute approximate surface area is 155 Å². The van der Waals surface area contributed by atoms with Crippen LogP contribution in [0.25, 0.3) is 0 Å². The van der Waals surface area contributed by atoms with Gasteiger partial charge in [-0.3, -0.25) is 4.79 Å². The van der Waals surface area contributed by atoms with Crippen LogP contribution in [-0.4, -0.2) is 31.7 Å². The van der Waals surface area contributed by atoms with Crippen molar-refractivity contribution in [2.24, 2.45) is 0 Å². The summed E-state index contributed by atoms with van der Waals surface area (Å²) in [7, 11) is 3.16. The second-order valence-electron chi connectivity index (χ2n) is 5.05. The molecule has 0 saturated carbocycles. The number of halogens is 1. The van der Waals surface area contributed by atoms with Crippen LogP contribution in [0.5, 0.6) is 11.5 Å². The smallest absolute Gasteiger partial charge is 0.269 e. The minimum atomic E-state index is -0.225. The number of hydrogen-bond acceptors (Lipinski definition) is 5. The standard InChI is InChI=1S/C18H20BrN3O3/c1-4-8-25-17-13(19)9-12(10-15(17)24-3)11-21-16-7-5-6-14(22-16)18(23)20-2/h4-7,9-10H,1,8,11H2,2-3H3,(H,20,23)(H,21,22). The van der Waals surface area contributed by atoms with Crippen molar-refractivity contribution in [3.8, 4) is 11.5 Å². The summed E-state index contributed by atoms with van der Waals surface area (Å²) in [5.74, 6) is 1.64. The number of carbonyl (C=O) groups excluding carboxylic acids is 1. The zero-order valence-corrected chi connectivity index (χ0v) is 15.7. The average Bonchev–Trinajstić information content (AvgIpc) is 2.64. The monoisotopic (exact) mass is 405 g/mol. The highest BCUT2D eigenvalue weighted by atomic mass is 79.9. The second kappa shape index (κ2) is 9.08. The zero-order chi connectivity index (χ0) is 18.2. The minimum absolute atomic E-state index is 0.225. The van der Waals surface area contributed by atoms with Crippen molar-refractivity contribution >= 4 is 27.7 Å². The van der Waals surface area contributed by atoms with Crippen molar-refractivity contribution in [3.63, 3.8) is 0 Å². The molecule has 1 heterocycles. The molecule has 0 spiro atoms. The molecule has 0 fully saturated rings. The maximum Gasteiger partial charge on any atom is 0.269 e. The van der Waals surface area contributed by atoms with E-state index in [2.05, 4.69) is 38.1 Å². The molecule has 7 heteroatoms. The van der Waals surface area contributed by atoms with Gasteiger partial charge in [0.2, 0.25) is 0 Å². The normalized spacial score (nSPS) is 10.0. The fourth-order valence-corrected chi connectivity index (χ4v) is 2.74. The first kappa shape index (κ1) is 18.8. The summed E-state index contributed by atoms with van der Waals surface area (Å²) in [5, 5.41) is 5.75. The van der Waals surface area contributed by atoms with E-state index in [4.69, 9.17) is 9.47 Å². The van der Waals surface area contributed by atoms with Crippen LogP contribution < -0.4 is 20.1 Å². The highest BCUT2D eigenvalue weighted by Crippen LogP contribution is 2.36. The van der Waals surface area contributed by atoms with E-state index < -0.39 is 0 Å². The molecule has 0 aliphatic heterocycles. The lowest BCUT2D eigenvalue weighted by Gasteiger charge is -2.14. The maximum atomic E-state index is 11.6. The number of nitrogens with zero attached hydrogens (tertiary/aromatic N) is 1. The minimum Gasteiger partial charge on any atom is -0.493 e. The van der Waals surface area contributed by atoms with Crippen LogP contribution in [0.4, 0.5) is 5.82 Å². The number of carbonyl (C=O) groups is 1. The lowest BCUT2D eigenvalue weighted by molar-refractivity contribution is 0.0958. The highest BCUT2D eigenvalue weighted by Gasteiger charge is 2.12. The number of nitrogens with one attached hydrogen (secondary N) is 2. The summed E-state index contributed by atoms with van der Waals surface area (Å²) in [5.41, 5.74) is 1.33. The Hall–Kier alpha value is -2.54. The molecule has 1 amide bonds. The second-order valence-corrected chi connectivity index (χ2v) is 5.90. The summed E-state index contributed by atoms with van der Waals surface area (Å²) < 4.78 is 11.8. The molecule has 0 aliphatic rings. The van der Waals surface area contributed by atoms with Crippen LogP contribution in [0.15, 0.2) is 47.5 Å². The van der Waals surface area contributed by atoms with Crippen molar-refractivity contribution in [3.05, 3.63) is 58.7 Å². The number of benzene rings is 1. The molecular formula is C18H20BrN3O3. The van der Waals surface area contributed by atoms with E-state index in [0.717, 1.165) is 10.0 Å². The SMILES string of the molecule is C=CCOc1c(Br)cc(CNc2cccc(C(=O)NC)n2)cc1OC. The summed E-state index contributed by atoms with van der Waals surface area (Å²) in [6, 6.07) is 9.08. The predicted octanol–water partition coefficient (Wildman–Crippen LogP) is 3.39. The molecule has 0 atom stereocenters. The fraction of sp³-hybridized carbons (Fsp3) is 0.222. The van der Waals surface area contributed by atoms with Crippen LogP contribution in [0.1, 0.15) is 16.1 Å². The number of aromatic nitrogens is 1. The Morgan fingerprint density at radius 2 is 2.20 bits per heavy atom. The van der Waals surface area contributed by atoms with Gasteiger partial charge in [0.25, 0.3) is 5.91 Å². The Balaban J connectivity index is 2.14. The van der Waals surface area contributed by atoms with Crippen LogP contribution in [-0.2, 0) is 6.54 Å². The lowest BCUT2D eigenvalue weighted by Crippen LogP contribution is -2.19. The van der Waals surface area contributed by atoms with E-state index in [-0.39, 0.29) is 5.91 Å². The first-order chi connectivity index (χ1) is 12.1. The molecule has 2 aromatic rings. The number of pyridine rings is 1. The fourth-order valence-electron chi connectivity index (χ4n) is 2.14. The molecule has 6 nitrogen and oxygen atoms in total. The summed E-state index contributed by atoms with van der Waals surface area (Å²) in [6.45, 7) is 4.55. The zero-order valence-electron chi connectivity index (χ0n) is 14.1. The van der Waals surface area contributed by atoms with Gasteiger partial charge < -0.3 is 20.1 Å². The van der Waals surface area contributed by atoms with Crippen molar-refractivity contribution < 1.29 is 14.3 Å². The molecule has 2 N–H and O–H groups in total. The van der Waals surface area contributed by atoms with Crippen molar-refractivity contribution in [1.82, 2.24) is 10.3 Å². The topological polar surface area (TPSA) is 72.5 Å². The van der Waals surface area contributed by atoms with Crippen molar-refractivity contribution in [2.75, 3.05) is 26.1 Å². The molecule has 2 rings (SSSR count). The lowest BCUT2D eigenvalue weighted by atomic mass is 10.2. The molecule has 0 bridgehead atoms. The van der Waals surface area contributed by atoms with Gasteiger partial charge in [0.1, 0.15) is 18.1 Å². The molecular weight excluding hydrogens is 386 g/mol. The van der Waals surface area contributed by atoms with Crippen LogP contribution in [0.2, 0.25) is 0 Å². The molecule has 0 radical (unpaired) electrons. The van der Waals surface area contributed by atoms with Crippen LogP contribution >= 0.6 is 15.9 Å². The van der Waals surface area contributed by atoms with E-state index in [1.165, 1.54) is 0 Å². The summed E-state index contributed by atoms with van der Waals surface area (Å²) >= 11 is 3.50. The largest absolute Gasteiger partial charge is 0.493 e. The first-order valence-corrected chi connectivity index (χ1v) is 8.41. The van der Waals surface area contributed by atoms with Gasteiger partial charge in [-0.05, 0) is 45.8 Å². The third-order valence-electron chi connectivity index (χ3n) is 3.32. The van der Waals surface area contributed by atoms with E-state index in [9.17, 15) is 4.79 Å². The van der Waals surface area contributed by atoms with Gasteiger partial charge in [-0.2, -0.15) is 0 Å². The van der Waals surface area contributed by atoms with Crippen molar-refractivity contribution in [1.29, 1.82) is 0 Å². The number of rotatable bonds is 8. The van der Waals surface area contributed by atoms with Crippen molar-refractivity contribution in [2.45, 2.75) is 6.54 Å². The molecule has 25 heavy (non-hydrogen) atoms. The van der Waals surface area contributed by atoms with E-state index in [0.29, 0.717) is 36.2 Å². The van der Waals surface area contributed by atoms with Gasteiger partial charge in [0.15, 0.2) is 11.5 Å². The summed E-state index contributed by atoms with van der Waals surface area (Å²) in [4.78, 5) is 15.9. The van der Waals surface area contributed by atoms with Gasteiger partial charge >= 0.3 is 0 Å². The number of amides is 1. The van der Waals surface area contributed by atoms with Gasteiger partial charge in [-0.15, -0.1) is 0 Å². The Morgan fingerprint density at radius 3 is 2.88 bits per heavy atom. The Bertz CT molecular complexity index is 765. The quantitative estimate of drug-likeness (QED) is 0.658. The van der Waals surface area contributed by atoms with Crippen LogP contribution in [0.3, 0.4) is 0 Å². The van der Waals surface area contributed by atoms with Gasteiger partial charge in [0, 0.05) is 13.6 Å². The third-order valence-corrected chi connectivity index (χ3v) is 3.91. The highest BCUT2D eigenvalue weighted by molar-refractivity contribution is 9.10. The molecule has 1 aromatic heterocycles. The maximum absolute atomic E-state index is 11.6. The van der Waals surface area contributed by atoms with E-state index >= 15 is 0 Å². The first-order valence-electron chi connectivity index (χ1n) is 7.62. The predicted molar refractivity (Wildman–Crippen MR) is 101 cm³/mol. The van der Waals surface area contributed by atoms with Crippen LogP contribution in [0, 0.1) is 0 Å². The van der Waals surface area contributed by atoms with Gasteiger partial charge in [-0.25, -0.2) is 4.98 Å². The van der Waals surface area contributed by atoms with Gasteiger partial charge in [0.05, 0.1) is 11.6 Å². The molecule has 0 saturated heterocycles. The molecule has 132 valence electrons. The average molecular weight is 406 g/mol. The third kappa shape index (κ3) is 4.96. The van der Waals surface area contributed by atoms with E-state index in [1.807, 2.05) is 12.1 Å². The molecule has 1 aromatic carbocycles. The Kier molecular flexibility index (Phi) is 6.82. The number of hydrogen-bond donors (Lipinski definition) is 2.